The van der Waals surface area contributed by atoms with Crippen LogP contribution in [0, 0.1) is 13.8 Å². The highest BCUT2D eigenvalue weighted by Crippen LogP contribution is 2.30. The number of aryl methyl sites for hydroxylation is 2. The molecule has 0 saturated carbocycles. The first-order valence-electron chi connectivity index (χ1n) is 18.2. The molecule has 0 bridgehead atoms. The number of aromatic nitrogens is 4. The van der Waals surface area contributed by atoms with Crippen molar-refractivity contribution in [1.82, 2.24) is 19.9 Å². The first-order valence-corrected chi connectivity index (χ1v) is 26.1. The van der Waals surface area contributed by atoms with Crippen LogP contribution in [0.25, 0.3) is 22.5 Å². The monoisotopic (exact) mass is 994 g/mol. The van der Waals surface area contributed by atoms with Crippen LogP contribution >= 0.6 is 22.7 Å². The maximum absolute atomic E-state index is 12.5. The first kappa shape index (κ1) is 51.2. The third-order valence-corrected chi connectivity index (χ3v) is 15.7. The van der Waals surface area contributed by atoms with Crippen molar-refractivity contribution in [3.05, 3.63) is 120 Å². The number of nitrogens with zero attached hydrogens (tertiary/aromatic N) is 6. The molecule has 0 radical (unpaired) electrons. The van der Waals surface area contributed by atoms with E-state index in [0.717, 1.165) is 56.3 Å². The summed E-state index contributed by atoms with van der Waals surface area (Å²) in [5, 5.41) is 10.9. The zero-order valence-electron chi connectivity index (χ0n) is 34.3. The minimum atomic E-state index is -4.30. The van der Waals surface area contributed by atoms with E-state index in [2.05, 4.69) is 19.9 Å². The van der Waals surface area contributed by atoms with Gasteiger partial charge in [0.25, 0.3) is 20.2 Å². The number of thiazole rings is 2. The second-order valence-corrected chi connectivity index (χ2v) is 22.1. The summed E-state index contributed by atoms with van der Waals surface area (Å²) in [5.74, 6) is -2.36. The SMILES string of the molecule is Cc1nc(N(C)C(=O)Cc2ccc(-c3ccccn3)cc2)sc1S(N)(=O)=O.Cc1nc(N(C)C(=O)Cc2ccc(-c3ccccn3)cc2)sc1S(N)(=O)=O.O=S(=O)(O)CCS(=O)(=O)O. The lowest BCUT2D eigenvalue weighted by atomic mass is 10.1. The summed E-state index contributed by atoms with van der Waals surface area (Å²) in [6, 6.07) is 26.5. The number of sulfonamides is 2. The Bertz CT molecular complexity index is 2820. The van der Waals surface area contributed by atoms with Crippen LogP contribution in [-0.2, 0) is 62.7 Å². The quantitative estimate of drug-likeness (QED) is 0.120. The van der Waals surface area contributed by atoms with Crippen molar-refractivity contribution in [2.45, 2.75) is 35.1 Å². The molecule has 64 heavy (non-hydrogen) atoms. The van der Waals surface area contributed by atoms with Gasteiger partial charge in [-0.05, 0) is 49.2 Å². The standard InChI is InChI=1S/2C18H18N4O3S2.C2H6O6S2/c2*1-12-17(27(19,24)25)26-18(21-12)22(2)16(23)11-13-6-8-14(9-7-13)15-5-3-4-10-20-15;3-9(4,5)1-2-10(6,7)8/h2*3-10H,11H2,1-2H3,(H2,19,24,25);1-2H2,(H,3,4,5)(H,6,7,8). The Morgan fingerprint density at radius 3 is 1.14 bits per heavy atom. The summed E-state index contributed by atoms with van der Waals surface area (Å²) < 4.78 is 101. The zero-order chi connectivity index (χ0) is 47.6. The number of carbonyl (C=O) groups is 2. The lowest BCUT2D eigenvalue weighted by Gasteiger charge is -2.13. The van der Waals surface area contributed by atoms with E-state index in [1.165, 1.54) is 9.80 Å². The molecule has 0 spiro atoms. The van der Waals surface area contributed by atoms with Crippen LogP contribution in [0.15, 0.2) is 106 Å². The van der Waals surface area contributed by atoms with E-state index in [0.29, 0.717) is 10.3 Å². The smallest absolute Gasteiger partial charge is 0.265 e. The number of rotatable bonds is 13. The number of carbonyl (C=O) groups excluding carboxylic acids is 2. The molecular weight excluding hydrogens is 953 g/mol. The Labute approximate surface area is 378 Å². The van der Waals surface area contributed by atoms with Crippen molar-refractivity contribution < 1.29 is 52.4 Å². The van der Waals surface area contributed by atoms with Gasteiger partial charge < -0.3 is 0 Å². The molecule has 2 aromatic carbocycles. The van der Waals surface area contributed by atoms with E-state index < -0.39 is 51.8 Å². The highest BCUT2D eigenvalue weighted by molar-refractivity contribution is 7.91. The predicted octanol–water partition coefficient (Wildman–Crippen LogP) is 3.49. The van der Waals surface area contributed by atoms with Gasteiger partial charge >= 0.3 is 0 Å². The van der Waals surface area contributed by atoms with Crippen molar-refractivity contribution in [3.63, 3.8) is 0 Å². The van der Waals surface area contributed by atoms with E-state index in [4.69, 9.17) is 19.4 Å². The molecule has 4 heterocycles. The van der Waals surface area contributed by atoms with E-state index in [1.54, 1.807) is 40.3 Å². The van der Waals surface area contributed by atoms with Crippen LogP contribution < -0.4 is 20.1 Å². The van der Waals surface area contributed by atoms with Gasteiger partial charge in [-0.2, -0.15) is 16.8 Å². The average molecular weight is 995 g/mol. The molecule has 0 aliphatic carbocycles. The molecule has 6 aromatic rings. The number of nitrogens with two attached hydrogens (primary N) is 2. The number of hydrogen-bond donors (Lipinski definition) is 4. The molecule has 6 N–H and O–H groups in total. The van der Waals surface area contributed by atoms with E-state index in [1.807, 2.05) is 84.9 Å². The molecule has 26 heteroatoms. The first-order chi connectivity index (χ1) is 29.7. The zero-order valence-corrected chi connectivity index (χ0v) is 39.2. The van der Waals surface area contributed by atoms with E-state index >= 15 is 0 Å². The number of pyridine rings is 2. The third-order valence-electron chi connectivity index (χ3n) is 8.46. The average Bonchev–Trinajstić information content (AvgIpc) is 3.84. The molecule has 20 nitrogen and oxygen atoms in total. The normalized spacial score (nSPS) is 11.7. The molecule has 0 unspecified atom stereocenters. The molecule has 0 aliphatic heterocycles. The highest BCUT2D eigenvalue weighted by Gasteiger charge is 2.24. The molecule has 0 aliphatic rings. The maximum atomic E-state index is 12.5. The van der Waals surface area contributed by atoms with Crippen molar-refractivity contribution in [3.8, 4) is 22.5 Å². The second-order valence-electron chi connectivity index (χ2n) is 13.5. The van der Waals surface area contributed by atoms with Gasteiger partial charge in [-0.1, -0.05) is 83.3 Å². The van der Waals surface area contributed by atoms with E-state index in [-0.39, 0.29) is 44.5 Å². The topological polar surface area (TPSA) is 321 Å². The van der Waals surface area contributed by atoms with Gasteiger partial charge in [0, 0.05) is 37.6 Å². The Morgan fingerprint density at radius 2 is 0.891 bits per heavy atom. The lowest BCUT2D eigenvalue weighted by Crippen LogP contribution is -2.27. The highest BCUT2D eigenvalue weighted by atomic mass is 32.3. The summed E-state index contributed by atoms with van der Waals surface area (Å²) in [7, 11) is -13.2. The molecule has 0 fully saturated rings. The molecule has 0 saturated heterocycles. The van der Waals surface area contributed by atoms with Crippen molar-refractivity contribution in [2.24, 2.45) is 10.3 Å². The minimum absolute atomic E-state index is 0.0307. The third kappa shape index (κ3) is 15.7. The Balaban J connectivity index is 0.000000232. The maximum Gasteiger partial charge on any atom is 0.265 e. The largest absolute Gasteiger partial charge is 0.291 e. The van der Waals surface area contributed by atoms with Gasteiger partial charge in [-0.25, -0.2) is 37.1 Å². The lowest BCUT2D eigenvalue weighted by molar-refractivity contribution is -0.118. The van der Waals surface area contributed by atoms with Gasteiger partial charge in [0.1, 0.15) is 0 Å². The number of amides is 2. The Hall–Kier alpha value is -5.42. The predicted molar refractivity (Wildman–Crippen MR) is 243 cm³/mol. The number of likely N-dealkylation sites (N-methyl/N-ethyl adjacent to an activating group) is 2. The summed E-state index contributed by atoms with van der Waals surface area (Å²) >= 11 is 1.77. The molecular formula is C38H42N8O12S6. The van der Waals surface area contributed by atoms with Gasteiger partial charge in [0.15, 0.2) is 18.7 Å². The van der Waals surface area contributed by atoms with Crippen molar-refractivity contribution in [2.75, 3.05) is 35.4 Å². The van der Waals surface area contributed by atoms with Gasteiger partial charge in [-0.3, -0.25) is 38.5 Å². The summed E-state index contributed by atoms with van der Waals surface area (Å²) in [5.41, 5.74) is 5.91. The number of benzene rings is 2. The fraction of sp³-hybridized carbons (Fsp3) is 0.211. The molecule has 342 valence electrons. The van der Waals surface area contributed by atoms with Crippen LogP contribution in [0.4, 0.5) is 10.3 Å². The summed E-state index contributed by atoms with van der Waals surface area (Å²) in [6.07, 6.45) is 3.80. The van der Waals surface area contributed by atoms with Crippen LogP contribution in [-0.4, -0.2) is 100 Å². The summed E-state index contributed by atoms with van der Waals surface area (Å²) in [6.45, 7) is 3.10. The number of primary sulfonamides is 2. The van der Waals surface area contributed by atoms with Crippen LogP contribution in [0.5, 0.6) is 0 Å². The Morgan fingerprint density at radius 1 is 0.562 bits per heavy atom. The van der Waals surface area contributed by atoms with Gasteiger partial charge in [0.05, 0.1) is 47.1 Å². The van der Waals surface area contributed by atoms with E-state index in [9.17, 15) is 43.3 Å². The van der Waals surface area contributed by atoms with Crippen LogP contribution in [0.2, 0.25) is 0 Å². The summed E-state index contributed by atoms with van der Waals surface area (Å²) in [4.78, 5) is 44.7. The fourth-order valence-electron chi connectivity index (χ4n) is 5.22. The molecule has 2 amide bonds. The molecule has 6 rings (SSSR count). The number of hydrogen-bond acceptors (Lipinski definition) is 16. The minimum Gasteiger partial charge on any atom is -0.291 e. The van der Waals surface area contributed by atoms with Crippen LogP contribution in [0.1, 0.15) is 22.5 Å². The molecule has 4 aromatic heterocycles. The second kappa shape index (κ2) is 21.5. The van der Waals surface area contributed by atoms with Crippen molar-refractivity contribution in [1.29, 1.82) is 0 Å². The molecule has 0 atom stereocenters. The van der Waals surface area contributed by atoms with Crippen LogP contribution in [0.3, 0.4) is 0 Å². The van der Waals surface area contributed by atoms with Gasteiger partial charge in [-0.15, -0.1) is 0 Å². The van der Waals surface area contributed by atoms with Gasteiger partial charge in [0.2, 0.25) is 31.9 Å². The Kier molecular flexibility index (Phi) is 17.2. The fourth-order valence-corrected chi connectivity index (χ4v) is 10.8. The number of anilines is 2. The van der Waals surface area contributed by atoms with Crippen molar-refractivity contribution >= 4 is 85.0 Å².